The largest absolute Gasteiger partial charge is 0.444 e. The first-order valence-corrected chi connectivity index (χ1v) is 8.34. The first kappa shape index (κ1) is 19.5. The molecule has 23 heavy (non-hydrogen) atoms. The summed E-state index contributed by atoms with van der Waals surface area (Å²) in [6, 6.07) is 10.4. The average Bonchev–Trinajstić information content (AvgIpc) is 2.46. The Bertz CT molecular complexity index is 443. The van der Waals surface area contributed by atoms with Gasteiger partial charge in [0.2, 0.25) is 0 Å². The standard InChI is InChI=1S/C18H31N3O2/c1-18(2,3)23-17(22)21-12-8-7-11-16(19)14-20-13-15-9-5-4-6-10-15/h4-6,9-10,16,20H,7-8,11-14,19H2,1-3H3,(H,21,22). The van der Waals surface area contributed by atoms with Crippen molar-refractivity contribution in [3.8, 4) is 0 Å². The van der Waals surface area contributed by atoms with Gasteiger partial charge in [0.05, 0.1) is 0 Å². The summed E-state index contributed by atoms with van der Waals surface area (Å²) in [5.74, 6) is 0. The van der Waals surface area contributed by atoms with Gasteiger partial charge in [0.25, 0.3) is 0 Å². The van der Waals surface area contributed by atoms with Crippen molar-refractivity contribution in [3.63, 3.8) is 0 Å². The van der Waals surface area contributed by atoms with Gasteiger partial charge >= 0.3 is 6.09 Å². The highest BCUT2D eigenvalue weighted by atomic mass is 16.6. The van der Waals surface area contributed by atoms with Crippen LogP contribution >= 0.6 is 0 Å². The van der Waals surface area contributed by atoms with Gasteiger partial charge in [-0.25, -0.2) is 4.79 Å². The molecule has 1 amide bonds. The number of nitrogens with one attached hydrogen (secondary N) is 2. The molecule has 5 nitrogen and oxygen atoms in total. The van der Waals surface area contributed by atoms with E-state index in [1.165, 1.54) is 5.56 Å². The van der Waals surface area contributed by atoms with Crippen molar-refractivity contribution in [2.45, 2.75) is 58.2 Å². The molecule has 0 aromatic heterocycles. The first-order valence-electron chi connectivity index (χ1n) is 8.34. The topological polar surface area (TPSA) is 76.4 Å². The normalized spacial score (nSPS) is 12.7. The van der Waals surface area contributed by atoms with Crippen molar-refractivity contribution in [2.24, 2.45) is 5.73 Å². The number of alkyl carbamates (subject to hydrolysis) is 1. The highest BCUT2D eigenvalue weighted by Crippen LogP contribution is 2.06. The zero-order valence-electron chi connectivity index (χ0n) is 14.6. The molecule has 0 spiro atoms. The molecule has 1 aromatic carbocycles. The fourth-order valence-electron chi connectivity index (χ4n) is 2.14. The summed E-state index contributed by atoms with van der Waals surface area (Å²) in [6.45, 7) is 7.83. The minimum absolute atomic E-state index is 0.139. The lowest BCUT2D eigenvalue weighted by atomic mass is 10.1. The van der Waals surface area contributed by atoms with E-state index < -0.39 is 5.60 Å². The van der Waals surface area contributed by atoms with Crippen LogP contribution in [-0.4, -0.2) is 30.8 Å². The number of rotatable bonds is 9. The lowest BCUT2D eigenvalue weighted by molar-refractivity contribution is 0.0527. The Morgan fingerprint density at radius 1 is 1.22 bits per heavy atom. The molecule has 5 heteroatoms. The van der Waals surface area contributed by atoms with Crippen LogP contribution in [0.5, 0.6) is 0 Å². The van der Waals surface area contributed by atoms with Crippen LogP contribution in [0.25, 0.3) is 0 Å². The number of hydrogen-bond acceptors (Lipinski definition) is 4. The van der Waals surface area contributed by atoms with Crippen molar-refractivity contribution in [2.75, 3.05) is 13.1 Å². The lowest BCUT2D eigenvalue weighted by Crippen LogP contribution is -2.34. The summed E-state index contributed by atoms with van der Waals surface area (Å²) in [7, 11) is 0. The third-order valence-corrected chi connectivity index (χ3v) is 3.25. The van der Waals surface area contributed by atoms with Gasteiger partial charge in [0, 0.05) is 25.7 Å². The Hall–Kier alpha value is -1.59. The van der Waals surface area contributed by atoms with Gasteiger partial charge in [-0.05, 0) is 39.2 Å². The molecule has 1 atom stereocenters. The maximum Gasteiger partial charge on any atom is 0.407 e. The van der Waals surface area contributed by atoms with Gasteiger partial charge in [0.1, 0.15) is 5.60 Å². The number of unbranched alkanes of at least 4 members (excludes halogenated alkanes) is 1. The Labute approximate surface area is 140 Å². The van der Waals surface area contributed by atoms with Gasteiger partial charge < -0.3 is 21.1 Å². The molecule has 0 saturated heterocycles. The second kappa shape index (κ2) is 10.2. The molecule has 130 valence electrons. The minimum Gasteiger partial charge on any atom is -0.444 e. The number of carbonyl (C=O) groups is 1. The number of hydrogen-bond donors (Lipinski definition) is 3. The Balaban J connectivity index is 1.99. The molecule has 0 aliphatic heterocycles. The molecule has 0 heterocycles. The van der Waals surface area contributed by atoms with Crippen molar-refractivity contribution < 1.29 is 9.53 Å². The fraction of sp³-hybridized carbons (Fsp3) is 0.611. The van der Waals surface area contributed by atoms with Crippen LogP contribution in [0.15, 0.2) is 30.3 Å². The van der Waals surface area contributed by atoms with Crippen LogP contribution in [0.1, 0.15) is 45.6 Å². The Kier molecular flexibility index (Phi) is 8.66. The second-order valence-corrected chi connectivity index (χ2v) is 6.80. The predicted molar refractivity (Wildman–Crippen MR) is 94.2 cm³/mol. The summed E-state index contributed by atoms with van der Waals surface area (Å²) in [6.07, 6.45) is 2.49. The van der Waals surface area contributed by atoms with E-state index in [1.807, 2.05) is 39.0 Å². The van der Waals surface area contributed by atoms with Crippen LogP contribution in [0.4, 0.5) is 4.79 Å². The van der Waals surface area contributed by atoms with Gasteiger partial charge in [0.15, 0.2) is 0 Å². The molecule has 0 fully saturated rings. The molecule has 0 radical (unpaired) electrons. The molecular weight excluding hydrogens is 290 g/mol. The number of ether oxygens (including phenoxy) is 1. The predicted octanol–water partition coefficient (Wildman–Crippen LogP) is 2.80. The van der Waals surface area contributed by atoms with E-state index >= 15 is 0 Å². The Morgan fingerprint density at radius 2 is 1.91 bits per heavy atom. The molecule has 0 saturated carbocycles. The number of carbonyl (C=O) groups excluding carboxylic acids is 1. The van der Waals surface area contributed by atoms with E-state index in [1.54, 1.807) is 0 Å². The monoisotopic (exact) mass is 321 g/mol. The SMILES string of the molecule is CC(C)(C)OC(=O)NCCCCC(N)CNCc1ccccc1. The van der Waals surface area contributed by atoms with Crippen LogP contribution in [0.3, 0.4) is 0 Å². The molecule has 0 aliphatic rings. The highest BCUT2D eigenvalue weighted by Gasteiger charge is 2.15. The zero-order chi connectivity index (χ0) is 17.1. The van der Waals surface area contributed by atoms with E-state index in [2.05, 4.69) is 22.8 Å². The number of benzene rings is 1. The summed E-state index contributed by atoms with van der Waals surface area (Å²) >= 11 is 0. The van der Waals surface area contributed by atoms with Crippen molar-refractivity contribution in [3.05, 3.63) is 35.9 Å². The highest BCUT2D eigenvalue weighted by molar-refractivity contribution is 5.67. The average molecular weight is 321 g/mol. The van der Waals surface area contributed by atoms with Gasteiger partial charge in [-0.1, -0.05) is 36.8 Å². The molecule has 4 N–H and O–H groups in total. The van der Waals surface area contributed by atoms with E-state index in [9.17, 15) is 4.79 Å². The smallest absolute Gasteiger partial charge is 0.407 e. The second-order valence-electron chi connectivity index (χ2n) is 6.80. The van der Waals surface area contributed by atoms with Gasteiger partial charge in [-0.15, -0.1) is 0 Å². The molecule has 0 aliphatic carbocycles. The summed E-state index contributed by atoms with van der Waals surface area (Å²) < 4.78 is 5.18. The van der Waals surface area contributed by atoms with E-state index in [0.29, 0.717) is 6.54 Å². The number of amides is 1. The minimum atomic E-state index is -0.448. The van der Waals surface area contributed by atoms with Crippen LogP contribution in [-0.2, 0) is 11.3 Å². The quantitative estimate of drug-likeness (QED) is 0.611. The van der Waals surface area contributed by atoms with Crippen LogP contribution in [0, 0.1) is 0 Å². The third kappa shape index (κ3) is 10.7. The van der Waals surface area contributed by atoms with Crippen molar-refractivity contribution >= 4 is 6.09 Å². The molecule has 1 unspecified atom stereocenters. The van der Waals surface area contributed by atoms with Gasteiger partial charge in [-0.2, -0.15) is 0 Å². The molecular formula is C18H31N3O2. The number of nitrogens with two attached hydrogens (primary N) is 1. The van der Waals surface area contributed by atoms with Gasteiger partial charge in [-0.3, -0.25) is 0 Å². The maximum absolute atomic E-state index is 11.5. The van der Waals surface area contributed by atoms with Crippen molar-refractivity contribution in [1.29, 1.82) is 0 Å². The van der Waals surface area contributed by atoms with Crippen LogP contribution in [0.2, 0.25) is 0 Å². The molecule has 1 aromatic rings. The third-order valence-electron chi connectivity index (χ3n) is 3.25. The van der Waals surface area contributed by atoms with Crippen LogP contribution < -0.4 is 16.4 Å². The van der Waals surface area contributed by atoms with Crippen molar-refractivity contribution in [1.82, 2.24) is 10.6 Å². The van der Waals surface area contributed by atoms with E-state index in [4.69, 9.17) is 10.5 Å². The molecule has 1 rings (SSSR count). The summed E-state index contributed by atoms with van der Waals surface area (Å²) in [5, 5.41) is 6.13. The first-order chi connectivity index (χ1) is 10.9. The van der Waals surface area contributed by atoms with E-state index in [-0.39, 0.29) is 12.1 Å². The maximum atomic E-state index is 11.5. The summed E-state index contributed by atoms with van der Waals surface area (Å²) in [4.78, 5) is 11.5. The van der Waals surface area contributed by atoms with E-state index in [0.717, 1.165) is 32.4 Å². The fourth-order valence-corrected chi connectivity index (χ4v) is 2.14. The Morgan fingerprint density at radius 3 is 2.57 bits per heavy atom. The molecule has 0 bridgehead atoms. The zero-order valence-corrected chi connectivity index (χ0v) is 14.6. The lowest BCUT2D eigenvalue weighted by Gasteiger charge is -2.19. The summed E-state index contributed by atoms with van der Waals surface area (Å²) in [5.41, 5.74) is 6.91.